The van der Waals surface area contributed by atoms with Gasteiger partial charge in [0.25, 0.3) is 0 Å². The minimum atomic E-state index is 0.125. The molecule has 0 spiro atoms. The Morgan fingerprint density at radius 2 is 2.40 bits per heavy atom. The Bertz CT molecular complexity index is 274. The summed E-state index contributed by atoms with van der Waals surface area (Å²) in [6.07, 6.45) is 2.30. The van der Waals surface area contributed by atoms with Gasteiger partial charge >= 0.3 is 0 Å². The fourth-order valence-corrected chi connectivity index (χ4v) is 1.80. The van der Waals surface area contributed by atoms with E-state index in [0.29, 0.717) is 13.0 Å². The maximum atomic E-state index is 11.3. The molecule has 5 heteroatoms. The number of hydrogen-bond donors (Lipinski definition) is 2. The van der Waals surface area contributed by atoms with Crippen LogP contribution in [0.3, 0.4) is 0 Å². The molecule has 1 aromatic heterocycles. The first-order valence-electron chi connectivity index (χ1n) is 5.11. The molecule has 1 aromatic rings. The van der Waals surface area contributed by atoms with Crippen molar-refractivity contribution in [2.75, 3.05) is 20.1 Å². The molecule has 0 aliphatic heterocycles. The summed E-state index contributed by atoms with van der Waals surface area (Å²) in [5.41, 5.74) is 2.86. The summed E-state index contributed by atoms with van der Waals surface area (Å²) in [6, 6.07) is 0. The van der Waals surface area contributed by atoms with Crippen molar-refractivity contribution < 1.29 is 4.79 Å². The predicted octanol–water partition coefficient (Wildman–Crippen LogP) is 0.801. The van der Waals surface area contributed by atoms with Crippen LogP contribution in [-0.2, 0) is 11.2 Å². The molecule has 0 unspecified atom stereocenters. The molecule has 2 N–H and O–H groups in total. The van der Waals surface area contributed by atoms with Crippen molar-refractivity contribution in [1.29, 1.82) is 0 Å². The van der Waals surface area contributed by atoms with Gasteiger partial charge in [-0.1, -0.05) is 0 Å². The molecule has 0 saturated carbocycles. The van der Waals surface area contributed by atoms with Crippen molar-refractivity contribution in [3.05, 3.63) is 16.6 Å². The molecule has 0 aliphatic rings. The Kier molecular flexibility index (Phi) is 5.96. The summed E-state index contributed by atoms with van der Waals surface area (Å²) >= 11 is 1.58. The number of rotatable bonds is 7. The van der Waals surface area contributed by atoms with Crippen LogP contribution in [0.25, 0.3) is 0 Å². The minimum absolute atomic E-state index is 0.125. The summed E-state index contributed by atoms with van der Waals surface area (Å²) in [5.74, 6) is 0.125. The van der Waals surface area contributed by atoms with E-state index < -0.39 is 0 Å². The first-order chi connectivity index (χ1) is 7.33. The summed E-state index contributed by atoms with van der Waals surface area (Å²) in [6.45, 7) is 1.57. The van der Waals surface area contributed by atoms with Crippen molar-refractivity contribution >= 4 is 17.2 Å². The molecule has 0 aromatic carbocycles. The number of carbonyl (C=O) groups excluding carboxylic acids is 1. The minimum Gasteiger partial charge on any atom is -0.356 e. The average molecular weight is 227 g/mol. The lowest BCUT2D eigenvalue weighted by molar-refractivity contribution is -0.121. The topological polar surface area (TPSA) is 54.0 Å². The third-order valence-corrected chi connectivity index (χ3v) is 2.65. The van der Waals surface area contributed by atoms with E-state index in [2.05, 4.69) is 15.6 Å². The number of amides is 1. The van der Waals surface area contributed by atoms with Gasteiger partial charge in [0.15, 0.2) is 0 Å². The van der Waals surface area contributed by atoms with Gasteiger partial charge in [0.2, 0.25) is 5.91 Å². The molecule has 0 saturated heterocycles. The quantitative estimate of drug-likeness (QED) is 0.678. The number of nitrogens with zero attached hydrogens (tertiary/aromatic N) is 1. The van der Waals surface area contributed by atoms with Gasteiger partial charge in [0.1, 0.15) is 0 Å². The molecule has 1 amide bonds. The molecular weight excluding hydrogens is 210 g/mol. The van der Waals surface area contributed by atoms with Gasteiger partial charge in [-0.15, -0.1) is 11.3 Å². The molecule has 0 radical (unpaired) electrons. The highest BCUT2D eigenvalue weighted by atomic mass is 32.1. The Labute approximate surface area is 94.1 Å². The number of hydrogen-bond acceptors (Lipinski definition) is 4. The fourth-order valence-electron chi connectivity index (χ4n) is 1.21. The van der Waals surface area contributed by atoms with Crippen LogP contribution < -0.4 is 10.6 Å². The molecule has 84 valence electrons. The summed E-state index contributed by atoms with van der Waals surface area (Å²) in [4.78, 5) is 15.4. The highest BCUT2D eigenvalue weighted by Gasteiger charge is 2.00. The zero-order valence-corrected chi connectivity index (χ0v) is 9.77. The lowest BCUT2D eigenvalue weighted by atomic mass is 10.3. The lowest BCUT2D eigenvalue weighted by Gasteiger charge is -2.03. The highest BCUT2D eigenvalue weighted by molar-refractivity contribution is 7.07. The third kappa shape index (κ3) is 5.49. The molecular formula is C10H17N3OS. The molecule has 1 heterocycles. The normalized spacial score (nSPS) is 10.2. The van der Waals surface area contributed by atoms with Gasteiger partial charge in [-0.2, -0.15) is 0 Å². The van der Waals surface area contributed by atoms with E-state index in [0.717, 1.165) is 25.1 Å². The maximum Gasteiger partial charge on any atom is 0.220 e. The van der Waals surface area contributed by atoms with Crippen molar-refractivity contribution in [1.82, 2.24) is 15.6 Å². The largest absolute Gasteiger partial charge is 0.356 e. The molecule has 15 heavy (non-hydrogen) atoms. The van der Waals surface area contributed by atoms with Crippen molar-refractivity contribution in [2.45, 2.75) is 19.3 Å². The van der Waals surface area contributed by atoms with E-state index in [4.69, 9.17) is 0 Å². The van der Waals surface area contributed by atoms with Gasteiger partial charge < -0.3 is 10.6 Å². The van der Waals surface area contributed by atoms with E-state index >= 15 is 0 Å². The van der Waals surface area contributed by atoms with Crippen LogP contribution in [-0.4, -0.2) is 31.0 Å². The van der Waals surface area contributed by atoms with Crippen molar-refractivity contribution in [2.24, 2.45) is 0 Å². The van der Waals surface area contributed by atoms with Gasteiger partial charge in [-0.05, 0) is 20.0 Å². The predicted molar refractivity (Wildman–Crippen MR) is 62.0 cm³/mol. The SMILES string of the molecule is CNCCCC(=O)NCCc1cscn1. The second-order valence-electron chi connectivity index (χ2n) is 3.29. The second kappa shape index (κ2) is 7.36. The zero-order valence-electron chi connectivity index (χ0n) is 8.95. The van der Waals surface area contributed by atoms with Gasteiger partial charge in [-0.3, -0.25) is 4.79 Å². The molecule has 0 fully saturated rings. The van der Waals surface area contributed by atoms with Gasteiger partial charge in [-0.25, -0.2) is 4.98 Å². The molecule has 0 aliphatic carbocycles. The monoisotopic (exact) mass is 227 g/mol. The van der Waals surface area contributed by atoms with E-state index in [1.807, 2.05) is 17.9 Å². The van der Waals surface area contributed by atoms with Crippen LogP contribution in [0.15, 0.2) is 10.9 Å². The van der Waals surface area contributed by atoms with Crippen LogP contribution in [0.4, 0.5) is 0 Å². The summed E-state index contributed by atoms with van der Waals surface area (Å²) in [5, 5.41) is 7.90. The fraction of sp³-hybridized carbons (Fsp3) is 0.600. The summed E-state index contributed by atoms with van der Waals surface area (Å²) in [7, 11) is 1.89. The third-order valence-electron chi connectivity index (χ3n) is 2.02. The van der Waals surface area contributed by atoms with E-state index in [9.17, 15) is 4.79 Å². The molecule has 1 rings (SSSR count). The number of aromatic nitrogens is 1. The molecule has 0 bridgehead atoms. The van der Waals surface area contributed by atoms with Crippen LogP contribution in [0, 0.1) is 0 Å². The standard InChI is InChI=1S/C10H17N3OS/c1-11-5-2-3-10(14)12-6-4-9-7-15-8-13-9/h7-8,11H,2-6H2,1H3,(H,12,14). The van der Waals surface area contributed by atoms with Crippen LogP contribution in [0.1, 0.15) is 18.5 Å². The number of nitrogens with one attached hydrogen (secondary N) is 2. The average Bonchev–Trinajstić information content (AvgIpc) is 2.71. The maximum absolute atomic E-state index is 11.3. The first-order valence-corrected chi connectivity index (χ1v) is 6.05. The second-order valence-corrected chi connectivity index (χ2v) is 4.01. The Balaban J connectivity index is 2.02. The Hall–Kier alpha value is -0.940. The van der Waals surface area contributed by atoms with E-state index in [1.165, 1.54) is 0 Å². The lowest BCUT2D eigenvalue weighted by Crippen LogP contribution is -2.26. The Morgan fingerprint density at radius 1 is 1.53 bits per heavy atom. The van der Waals surface area contributed by atoms with Crippen LogP contribution in [0.5, 0.6) is 0 Å². The summed E-state index contributed by atoms with van der Waals surface area (Å²) < 4.78 is 0. The van der Waals surface area contributed by atoms with Gasteiger partial charge in [0, 0.05) is 24.8 Å². The van der Waals surface area contributed by atoms with Crippen molar-refractivity contribution in [3.8, 4) is 0 Å². The smallest absolute Gasteiger partial charge is 0.220 e. The van der Waals surface area contributed by atoms with Gasteiger partial charge in [0.05, 0.1) is 11.2 Å². The number of carbonyl (C=O) groups is 1. The van der Waals surface area contributed by atoms with E-state index in [1.54, 1.807) is 11.3 Å². The van der Waals surface area contributed by atoms with Crippen molar-refractivity contribution in [3.63, 3.8) is 0 Å². The van der Waals surface area contributed by atoms with Crippen LogP contribution in [0.2, 0.25) is 0 Å². The highest BCUT2D eigenvalue weighted by Crippen LogP contribution is 2.00. The van der Waals surface area contributed by atoms with Crippen LogP contribution >= 0.6 is 11.3 Å². The zero-order chi connectivity index (χ0) is 10.9. The first kappa shape index (κ1) is 12.1. The molecule has 4 nitrogen and oxygen atoms in total. The Morgan fingerprint density at radius 3 is 3.07 bits per heavy atom. The molecule has 0 atom stereocenters. The number of thiazole rings is 1. The van der Waals surface area contributed by atoms with E-state index in [-0.39, 0.29) is 5.91 Å².